The van der Waals surface area contributed by atoms with E-state index in [1.165, 1.54) is 6.20 Å². The van der Waals surface area contributed by atoms with Gasteiger partial charge >= 0.3 is 0 Å². The fourth-order valence-corrected chi connectivity index (χ4v) is 2.48. The van der Waals surface area contributed by atoms with E-state index in [1.807, 2.05) is 20.0 Å². The van der Waals surface area contributed by atoms with Crippen LogP contribution in [0.15, 0.2) is 23.3 Å². The first kappa shape index (κ1) is 14.5. The predicted octanol–water partition coefficient (Wildman–Crippen LogP) is 1.26. The number of aromatic nitrogens is 4. The zero-order valence-electron chi connectivity index (χ0n) is 12.7. The number of carbonyl (C=O) groups excluding carboxylic acids is 1. The Hall–Kier alpha value is -2.44. The van der Waals surface area contributed by atoms with E-state index in [-0.39, 0.29) is 17.2 Å². The quantitative estimate of drug-likeness (QED) is 0.869. The standard InChI is InChI=1S/C15H19N5O2/c1-3-11(12-6-7-17-20(12)2)18-14(21)10-8-16-13(9-4-5-9)19-15(10)22/h6-9,11H,3-5H2,1-2H3,(H,18,21)(H,16,19,22)/t11-/m0/s1. The van der Waals surface area contributed by atoms with Crippen LogP contribution in [0.2, 0.25) is 0 Å². The average Bonchev–Trinajstić information content (AvgIpc) is 3.27. The second-order valence-corrected chi connectivity index (χ2v) is 5.60. The summed E-state index contributed by atoms with van der Waals surface area (Å²) < 4.78 is 1.72. The van der Waals surface area contributed by atoms with Crippen molar-refractivity contribution in [3.8, 4) is 0 Å². The summed E-state index contributed by atoms with van der Waals surface area (Å²) in [6.45, 7) is 1.97. The van der Waals surface area contributed by atoms with Gasteiger partial charge in [-0.15, -0.1) is 0 Å². The van der Waals surface area contributed by atoms with Crippen LogP contribution in [0.5, 0.6) is 0 Å². The van der Waals surface area contributed by atoms with E-state index in [9.17, 15) is 9.59 Å². The number of nitrogens with one attached hydrogen (secondary N) is 2. The molecule has 0 unspecified atom stereocenters. The monoisotopic (exact) mass is 301 g/mol. The number of rotatable bonds is 5. The van der Waals surface area contributed by atoms with Gasteiger partial charge in [-0.05, 0) is 25.3 Å². The molecular weight excluding hydrogens is 282 g/mol. The van der Waals surface area contributed by atoms with Crippen molar-refractivity contribution in [3.63, 3.8) is 0 Å². The maximum Gasteiger partial charge on any atom is 0.263 e. The van der Waals surface area contributed by atoms with E-state index in [1.54, 1.807) is 10.9 Å². The lowest BCUT2D eigenvalue weighted by atomic mass is 10.1. The maximum absolute atomic E-state index is 12.3. The minimum atomic E-state index is -0.413. The van der Waals surface area contributed by atoms with Crippen LogP contribution < -0.4 is 10.9 Å². The van der Waals surface area contributed by atoms with Crippen molar-refractivity contribution in [1.29, 1.82) is 0 Å². The molecule has 0 aliphatic heterocycles. The predicted molar refractivity (Wildman–Crippen MR) is 80.5 cm³/mol. The van der Waals surface area contributed by atoms with Crippen LogP contribution in [0.1, 0.15) is 60.0 Å². The van der Waals surface area contributed by atoms with Crippen molar-refractivity contribution in [2.75, 3.05) is 0 Å². The summed E-state index contributed by atoms with van der Waals surface area (Å²) in [6.07, 6.45) is 5.86. The highest BCUT2D eigenvalue weighted by atomic mass is 16.2. The lowest BCUT2D eigenvalue weighted by Crippen LogP contribution is -2.34. The number of aromatic amines is 1. The van der Waals surface area contributed by atoms with Crippen LogP contribution in [0.25, 0.3) is 0 Å². The Morgan fingerprint density at radius 3 is 2.86 bits per heavy atom. The summed E-state index contributed by atoms with van der Waals surface area (Å²) >= 11 is 0. The number of amides is 1. The van der Waals surface area contributed by atoms with E-state index in [0.29, 0.717) is 18.2 Å². The van der Waals surface area contributed by atoms with E-state index < -0.39 is 5.91 Å². The number of hydrogen-bond donors (Lipinski definition) is 2. The molecule has 22 heavy (non-hydrogen) atoms. The van der Waals surface area contributed by atoms with Crippen LogP contribution in [0, 0.1) is 0 Å². The molecule has 0 bridgehead atoms. The van der Waals surface area contributed by atoms with Gasteiger partial charge in [0.05, 0.1) is 11.7 Å². The number of carbonyl (C=O) groups is 1. The number of hydrogen-bond acceptors (Lipinski definition) is 4. The first-order valence-corrected chi connectivity index (χ1v) is 7.48. The minimum Gasteiger partial charge on any atom is -0.343 e. The Labute approximate surface area is 127 Å². The van der Waals surface area contributed by atoms with Crippen molar-refractivity contribution < 1.29 is 4.79 Å². The lowest BCUT2D eigenvalue weighted by Gasteiger charge is -2.17. The summed E-state index contributed by atoms with van der Waals surface area (Å²) in [6, 6.07) is 1.66. The van der Waals surface area contributed by atoms with Crippen molar-refractivity contribution in [2.24, 2.45) is 7.05 Å². The van der Waals surface area contributed by atoms with Gasteiger partial charge in [-0.25, -0.2) is 4.98 Å². The van der Waals surface area contributed by atoms with Crippen molar-refractivity contribution in [1.82, 2.24) is 25.1 Å². The van der Waals surface area contributed by atoms with Crippen LogP contribution in [-0.2, 0) is 7.05 Å². The molecule has 2 N–H and O–H groups in total. The molecular formula is C15H19N5O2. The van der Waals surface area contributed by atoms with E-state index in [0.717, 1.165) is 18.5 Å². The summed E-state index contributed by atoms with van der Waals surface area (Å²) in [5, 5.41) is 6.98. The van der Waals surface area contributed by atoms with E-state index >= 15 is 0 Å². The minimum absolute atomic E-state index is 0.0463. The molecule has 7 heteroatoms. The third-order valence-corrected chi connectivity index (χ3v) is 3.96. The normalized spacial score (nSPS) is 15.5. The molecule has 2 aromatic heterocycles. The second-order valence-electron chi connectivity index (χ2n) is 5.60. The van der Waals surface area contributed by atoms with Crippen molar-refractivity contribution in [3.05, 3.63) is 45.9 Å². The fourth-order valence-electron chi connectivity index (χ4n) is 2.48. The molecule has 1 aliphatic carbocycles. The first-order chi connectivity index (χ1) is 10.6. The van der Waals surface area contributed by atoms with Gasteiger partial charge in [0.1, 0.15) is 11.4 Å². The van der Waals surface area contributed by atoms with Gasteiger partial charge in [0.2, 0.25) is 0 Å². The van der Waals surface area contributed by atoms with Gasteiger partial charge in [0.25, 0.3) is 11.5 Å². The zero-order chi connectivity index (χ0) is 15.7. The molecule has 1 fully saturated rings. The van der Waals surface area contributed by atoms with Gasteiger partial charge in [0.15, 0.2) is 0 Å². The van der Waals surface area contributed by atoms with Gasteiger partial charge in [-0.2, -0.15) is 5.10 Å². The Morgan fingerprint density at radius 1 is 1.55 bits per heavy atom. The van der Waals surface area contributed by atoms with Crippen LogP contribution in [-0.4, -0.2) is 25.7 Å². The molecule has 0 aromatic carbocycles. The van der Waals surface area contributed by atoms with Gasteiger partial charge in [-0.1, -0.05) is 6.92 Å². The van der Waals surface area contributed by atoms with Crippen molar-refractivity contribution >= 4 is 5.91 Å². The second kappa shape index (κ2) is 5.75. The Morgan fingerprint density at radius 2 is 2.32 bits per heavy atom. The third-order valence-electron chi connectivity index (χ3n) is 3.96. The molecule has 2 aromatic rings. The molecule has 116 valence electrons. The van der Waals surface area contributed by atoms with E-state index in [2.05, 4.69) is 20.4 Å². The van der Waals surface area contributed by atoms with Gasteiger partial charge in [0, 0.05) is 25.4 Å². The fraction of sp³-hybridized carbons (Fsp3) is 0.467. The molecule has 2 heterocycles. The molecule has 0 saturated heterocycles. The molecule has 1 atom stereocenters. The summed E-state index contributed by atoms with van der Waals surface area (Å²) in [4.78, 5) is 31.3. The molecule has 1 aliphatic rings. The smallest absolute Gasteiger partial charge is 0.263 e. The zero-order valence-corrected chi connectivity index (χ0v) is 12.7. The summed E-state index contributed by atoms with van der Waals surface area (Å²) in [5.41, 5.74) is 0.564. The summed E-state index contributed by atoms with van der Waals surface area (Å²) in [5.74, 6) is 0.618. The highest BCUT2D eigenvalue weighted by molar-refractivity contribution is 5.93. The van der Waals surface area contributed by atoms with Gasteiger partial charge < -0.3 is 10.3 Å². The highest BCUT2D eigenvalue weighted by Crippen LogP contribution is 2.37. The van der Waals surface area contributed by atoms with Crippen LogP contribution in [0.4, 0.5) is 0 Å². The number of aryl methyl sites for hydroxylation is 1. The average molecular weight is 301 g/mol. The summed E-state index contributed by atoms with van der Waals surface area (Å²) in [7, 11) is 1.82. The Kier molecular flexibility index (Phi) is 3.79. The Bertz CT molecular complexity index is 744. The maximum atomic E-state index is 12.3. The molecule has 1 saturated carbocycles. The molecule has 0 radical (unpaired) electrons. The molecule has 1 amide bonds. The largest absolute Gasteiger partial charge is 0.343 e. The SMILES string of the molecule is CC[C@H](NC(=O)c1cnc(C2CC2)[nH]c1=O)c1ccnn1C. The number of H-pyrrole nitrogens is 1. The van der Waals surface area contributed by atoms with E-state index in [4.69, 9.17) is 0 Å². The van der Waals surface area contributed by atoms with Crippen molar-refractivity contribution in [2.45, 2.75) is 38.1 Å². The van der Waals surface area contributed by atoms with Crippen LogP contribution in [0.3, 0.4) is 0 Å². The molecule has 7 nitrogen and oxygen atoms in total. The Balaban J connectivity index is 1.78. The topological polar surface area (TPSA) is 92.7 Å². The first-order valence-electron chi connectivity index (χ1n) is 7.48. The highest BCUT2D eigenvalue weighted by Gasteiger charge is 2.27. The third kappa shape index (κ3) is 2.79. The van der Waals surface area contributed by atoms with Gasteiger partial charge in [-0.3, -0.25) is 14.3 Å². The lowest BCUT2D eigenvalue weighted by molar-refractivity contribution is 0.0932. The number of nitrogens with zero attached hydrogens (tertiary/aromatic N) is 3. The van der Waals surface area contributed by atoms with Crippen LogP contribution >= 0.6 is 0 Å². The molecule has 3 rings (SSSR count). The molecule has 0 spiro atoms.